The van der Waals surface area contributed by atoms with Gasteiger partial charge in [-0.1, -0.05) is 6.07 Å². The summed E-state index contributed by atoms with van der Waals surface area (Å²) in [6.07, 6.45) is 0. The average molecular weight is 273 g/mol. The molecule has 1 rings (SSSR count). The highest BCUT2D eigenvalue weighted by Crippen LogP contribution is 2.33. The van der Waals surface area contributed by atoms with E-state index in [-0.39, 0.29) is 23.0 Å². The molecule has 0 N–H and O–H groups in total. The molecular weight excluding hydrogens is 256 g/mol. The molecule has 106 valence electrons. The van der Waals surface area contributed by atoms with Crippen LogP contribution < -0.4 is 9.47 Å². The maximum Gasteiger partial charge on any atom is 0.387 e. The van der Waals surface area contributed by atoms with Gasteiger partial charge in [0.05, 0.1) is 12.7 Å². The third-order valence-corrected chi connectivity index (χ3v) is 2.69. The van der Waals surface area contributed by atoms with Gasteiger partial charge in [0.2, 0.25) is 0 Å². The molecule has 0 unspecified atom stereocenters. The van der Waals surface area contributed by atoms with Gasteiger partial charge < -0.3 is 14.4 Å². The Hall–Kier alpha value is -1.85. The summed E-state index contributed by atoms with van der Waals surface area (Å²) >= 11 is 0. The van der Waals surface area contributed by atoms with Gasteiger partial charge in [0.25, 0.3) is 5.91 Å². The van der Waals surface area contributed by atoms with Crippen LogP contribution in [0.4, 0.5) is 8.78 Å². The van der Waals surface area contributed by atoms with Crippen molar-refractivity contribution < 1.29 is 23.0 Å². The summed E-state index contributed by atoms with van der Waals surface area (Å²) in [5, 5.41) is 0. The number of carbonyl (C=O) groups excluding carboxylic acids is 1. The lowest BCUT2D eigenvalue weighted by atomic mass is 10.1. The molecule has 0 atom stereocenters. The first kappa shape index (κ1) is 15.2. The number of amides is 1. The van der Waals surface area contributed by atoms with E-state index in [9.17, 15) is 13.6 Å². The van der Waals surface area contributed by atoms with Crippen LogP contribution in [0.2, 0.25) is 0 Å². The SMILES string of the molecule is CCN(CC)C(=O)c1cccc(OC)c1OC(F)F. The molecule has 4 nitrogen and oxygen atoms in total. The summed E-state index contributed by atoms with van der Waals surface area (Å²) in [6.45, 7) is 1.59. The molecule has 0 fully saturated rings. The van der Waals surface area contributed by atoms with Crippen molar-refractivity contribution in [3.05, 3.63) is 23.8 Å². The molecule has 0 heterocycles. The van der Waals surface area contributed by atoms with Crippen molar-refractivity contribution in [1.29, 1.82) is 0 Å². The molecule has 0 aliphatic carbocycles. The van der Waals surface area contributed by atoms with Crippen LogP contribution >= 0.6 is 0 Å². The second-order valence-corrected chi connectivity index (χ2v) is 3.69. The van der Waals surface area contributed by atoms with Gasteiger partial charge in [-0.15, -0.1) is 0 Å². The third-order valence-electron chi connectivity index (χ3n) is 2.69. The lowest BCUT2D eigenvalue weighted by molar-refractivity contribution is -0.0516. The summed E-state index contributed by atoms with van der Waals surface area (Å²) in [5.74, 6) is -0.477. The standard InChI is InChI=1S/C13H17F2NO3/c1-4-16(5-2)12(17)9-7-6-8-10(18-3)11(9)19-13(14)15/h6-8,13H,4-5H2,1-3H3. The number of alkyl halides is 2. The van der Waals surface area contributed by atoms with Crippen LogP contribution in [0.3, 0.4) is 0 Å². The smallest absolute Gasteiger partial charge is 0.387 e. The Morgan fingerprint density at radius 1 is 1.32 bits per heavy atom. The van der Waals surface area contributed by atoms with E-state index in [0.717, 1.165) is 0 Å². The fraction of sp³-hybridized carbons (Fsp3) is 0.462. The minimum Gasteiger partial charge on any atom is -0.493 e. The van der Waals surface area contributed by atoms with Crippen molar-refractivity contribution >= 4 is 5.91 Å². The molecule has 1 aromatic carbocycles. The van der Waals surface area contributed by atoms with Crippen molar-refractivity contribution in [2.24, 2.45) is 0 Å². The first-order valence-electron chi connectivity index (χ1n) is 5.96. The van der Waals surface area contributed by atoms with Crippen molar-refractivity contribution in [2.75, 3.05) is 20.2 Å². The molecule has 0 bridgehead atoms. The Bertz CT molecular complexity index is 434. The monoisotopic (exact) mass is 273 g/mol. The normalized spacial score (nSPS) is 10.4. The lowest BCUT2D eigenvalue weighted by Crippen LogP contribution is -2.31. The van der Waals surface area contributed by atoms with Gasteiger partial charge in [-0.05, 0) is 26.0 Å². The predicted molar refractivity (Wildman–Crippen MR) is 66.9 cm³/mol. The van der Waals surface area contributed by atoms with Gasteiger partial charge in [0, 0.05) is 13.1 Å². The summed E-state index contributed by atoms with van der Waals surface area (Å²) in [6, 6.07) is 4.48. The van der Waals surface area contributed by atoms with Crippen LogP contribution in [0.1, 0.15) is 24.2 Å². The maximum absolute atomic E-state index is 12.4. The van der Waals surface area contributed by atoms with E-state index in [0.29, 0.717) is 13.1 Å². The molecule has 1 amide bonds. The molecule has 19 heavy (non-hydrogen) atoms. The van der Waals surface area contributed by atoms with Crippen LogP contribution in [0, 0.1) is 0 Å². The predicted octanol–water partition coefficient (Wildman–Crippen LogP) is 2.78. The number of rotatable bonds is 6. The molecule has 0 spiro atoms. The van der Waals surface area contributed by atoms with Crippen molar-refractivity contribution in [2.45, 2.75) is 20.5 Å². The van der Waals surface area contributed by atoms with Gasteiger partial charge in [0.1, 0.15) is 0 Å². The van der Waals surface area contributed by atoms with E-state index in [4.69, 9.17) is 4.74 Å². The van der Waals surface area contributed by atoms with Gasteiger partial charge >= 0.3 is 6.61 Å². The van der Waals surface area contributed by atoms with Gasteiger partial charge in [-0.25, -0.2) is 0 Å². The first-order valence-corrected chi connectivity index (χ1v) is 5.96. The highest BCUT2D eigenvalue weighted by molar-refractivity contribution is 5.97. The molecule has 0 aliphatic rings. The molecule has 6 heteroatoms. The number of carbonyl (C=O) groups is 1. The maximum atomic E-state index is 12.4. The second-order valence-electron chi connectivity index (χ2n) is 3.69. The van der Waals surface area contributed by atoms with Crippen LogP contribution in [0.25, 0.3) is 0 Å². The van der Waals surface area contributed by atoms with Crippen LogP contribution in [-0.2, 0) is 0 Å². The first-order chi connectivity index (χ1) is 9.04. The number of methoxy groups -OCH3 is 1. The Labute approximate surface area is 110 Å². The molecule has 0 saturated heterocycles. The topological polar surface area (TPSA) is 38.8 Å². The Kier molecular flexibility index (Phi) is 5.54. The Morgan fingerprint density at radius 3 is 2.42 bits per heavy atom. The van der Waals surface area contributed by atoms with Crippen molar-refractivity contribution in [3.8, 4) is 11.5 Å². The number of benzene rings is 1. The Morgan fingerprint density at radius 2 is 1.95 bits per heavy atom. The fourth-order valence-corrected chi connectivity index (χ4v) is 1.74. The summed E-state index contributed by atoms with van der Waals surface area (Å²) in [5.41, 5.74) is 0.0725. The van der Waals surface area contributed by atoms with Crippen molar-refractivity contribution in [3.63, 3.8) is 0 Å². The highest BCUT2D eigenvalue weighted by atomic mass is 19.3. The molecule has 0 aliphatic heterocycles. The second kappa shape index (κ2) is 6.92. The molecule has 0 radical (unpaired) electrons. The van der Waals surface area contributed by atoms with E-state index in [1.807, 2.05) is 13.8 Å². The minimum absolute atomic E-state index is 0.0725. The van der Waals surface area contributed by atoms with E-state index in [1.165, 1.54) is 24.1 Å². The lowest BCUT2D eigenvalue weighted by Gasteiger charge is -2.21. The quantitative estimate of drug-likeness (QED) is 0.800. The summed E-state index contributed by atoms with van der Waals surface area (Å²) in [4.78, 5) is 13.7. The number of hydrogen-bond acceptors (Lipinski definition) is 3. The fourth-order valence-electron chi connectivity index (χ4n) is 1.74. The van der Waals surface area contributed by atoms with Crippen LogP contribution in [0.15, 0.2) is 18.2 Å². The number of halogens is 2. The van der Waals surface area contributed by atoms with E-state index < -0.39 is 6.61 Å². The minimum atomic E-state index is -3.01. The van der Waals surface area contributed by atoms with Crippen LogP contribution in [-0.4, -0.2) is 37.6 Å². The van der Waals surface area contributed by atoms with Gasteiger partial charge in [-0.3, -0.25) is 4.79 Å². The number of nitrogens with zero attached hydrogens (tertiary/aromatic N) is 1. The Balaban J connectivity index is 3.21. The summed E-state index contributed by atoms with van der Waals surface area (Å²) < 4.78 is 34.3. The highest BCUT2D eigenvalue weighted by Gasteiger charge is 2.22. The molecule has 0 saturated carbocycles. The van der Waals surface area contributed by atoms with Gasteiger partial charge in [0.15, 0.2) is 11.5 Å². The zero-order valence-electron chi connectivity index (χ0n) is 11.2. The number of hydrogen-bond donors (Lipinski definition) is 0. The van der Waals surface area contributed by atoms with Crippen LogP contribution in [0.5, 0.6) is 11.5 Å². The molecule has 0 aromatic heterocycles. The molecular formula is C13H17F2NO3. The zero-order valence-corrected chi connectivity index (χ0v) is 11.2. The molecule has 1 aromatic rings. The third kappa shape index (κ3) is 3.56. The van der Waals surface area contributed by atoms with E-state index in [1.54, 1.807) is 6.07 Å². The zero-order chi connectivity index (χ0) is 14.4. The number of para-hydroxylation sites is 1. The largest absolute Gasteiger partial charge is 0.493 e. The van der Waals surface area contributed by atoms with E-state index >= 15 is 0 Å². The van der Waals surface area contributed by atoms with E-state index in [2.05, 4.69) is 4.74 Å². The van der Waals surface area contributed by atoms with Gasteiger partial charge in [-0.2, -0.15) is 8.78 Å². The average Bonchev–Trinajstić information content (AvgIpc) is 2.39. The number of ether oxygens (including phenoxy) is 2. The van der Waals surface area contributed by atoms with Crippen molar-refractivity contribution in [1.82, 2.24) is 4.90 Å². The summed E-state index contributed by atoms with van der Waals surface area (Å²) in [7, 11) is 1.33.